The van der Waals surface area contributed by atoms with Crippen LogP contribution < -0.4 is 4.72 Å². The lowest BCUT2D eigenvalue weighted by Gasteiger charge is -2.04. The molecule has 0 bridgehead atoms. The first-order valence-electron chi connectivity index (χ1n) is 7.59. The average molecular weight is 398 g/mol. The van der Waals surface area contributed by atoms with Crippen LogP contribution in [0.1, 0.15) is 6.92 Å². The van der Waals surface area contributed by atoms with E-state index in [-0.39, 0.29) is 11.6 Å². The summed E-state index contributed by atoms with van der Waals surface area (Å²) in [5.41, 5.74) is 1.76. The predicted molar refractivity (Wildman–Crippen MR) is 101 cm³/mol. The normalized spacial score (nSPS) is 11.9. The van der Waals surface area contributed by atoms with Crippen molar-refractivity contribution < 1.29 is 12.8 Å². The highest BCUT2D eigenvalue weighted by Gasteiger charge is 2.11. The van der Waals surface area contributed by atoms with Crippen molar-refractivity contribution in [2.24, 2.45) is 0 Å². The summed E-state index contributed by atoms with van der Waals surface area (Å²) in [4.78, 5) is 9.58. The van der Waals surface area contributed by atoms with E-state index in [2.05, 4.69) is 14.7 Å². The molecule has 0 amide bonds. The van der Waals surface area contributed by atoms with Crippen LogP contribution in [0.4, 0.5) is 4.39 Å². The number of nitrogens with one attached hydrogen (secondary N) is 1. The third kappa shape index (κ3) is 4.55. The van der Waals surface area contributed by atoms with Crippen LogP contribution >= 0.6 is 23.1 Å². The number of thioether (sulfide) groups is 1. The first kappa shape index (κ1) is 18.2. The summed E-state index contributed by atoms with van der Waals surface area (Å²) < 4.78 is 39.4. The second-order valence-corrected chi connectivity index (χ2v) is 9.39. The molecule has 132 valence electrons. The van der Waals surface area contributed by atoms with E-state index in [1.54, 1.807) is 30.4 Å². The minimum absolute atomic E-state index is 0.0708. The predicted octanol–water partition coefficient (Wildman–Crippen LogP) is 3.53. The Kier molecular flexibility index (Phi) is 5.67. The van der Waals surface area contributed by atoms with E-state index in [1.165, 1.54) is 30.2 Å². The number of hydrogen-bond donors (Lipinski definition) is 1. The number of aromatic nitrogens is 2. The third-order valence-electron chi connectivity index (χ3n) is 3.45. The number of fused-ring (bicyclic) bond motifs is 1. The van der Waals surface area contributed by atoms with Crippen molar-refractivity contribution in [3.8, 4) is 10.4 Å². The molecular weight excluding hydrogens is 381 g/mol. The number of rotatable bonds is 7. The molecule has 0 unspecified atom stereocenters. The van der Waals surface area contributed by atoms with Gasteiger partial charge in [0.1, 0.15) is 17.2 Å². The maximum atomic E-state index is 13.1. The van der Waals surface area contributed by atoms with Crippen LogP contribution in [0.25, 0.3) is 20.7 Å². The van der Waals surface area contributed by atoms with Crippen molar-refractivity contribution in [2.45, 2.75) is 11.9 Å². The Morgan fingerprint density at radius 2 is 2.00 bits per heavy atom. The number of nitrogens with zero attached hydrogens (tertiary/aromatic N) is 2. The fourth-order valence-corrected chi connectivity index (χ4v) is 4.94. The number of sulfonamides is 1. The number of halogens is 1. The molecule has 0 saturated carbocycles. The Labute approximate surface area is 153 Å². The first-order valence-corrected chi connectivity index (χ1v) is 11.0. The topological polar surface area (TPSA) is 72.0 Å². The molecule has 1 aromatic carbocycles. The van der Waals surface area contributed by atoms with E-state index in [1.807, 2.05) is 6.07 Å². The van der Waals surface area contributed by atoms with Gasteiger partial charge >= 0.3 is 0 Å². The van der Waals surface area contributed by atoms with Gasteiger partial charge in [0.15, 0.2) is 0 Å². The fraction of sp³-hybridized carbons (Fsp3) is 0.250. The zero-order valence-corrected chi connectivity index (χ0v) is 15.8. The van der Waals surface area contributed by atoms with Crippen LogP contribution in [-0.4, -0.2) is 36.4 Å². The monoisotopic (exact) mass is 397 g/mol. The van der Waals surface area contributed by atoms with E-state index < -0.39 is 10.0 Å². The van der Waals surface area contributed by atoms with Gasteiger partial charge in [0.25, 0.3) is 0 Å². The molecule has 2 heterocycles. The molecule has 25 heavy (non-hydrogen) atoms. The number of hydrogen-bond acceptors (Lipinski definition) is 6. The third-order valence-corrected chi connectivity index (χ3v) is 7.15. The lowest BCUT2D eigenvalue weighted by molar-refractivity contribution is 0.585. The Hall–Kier alpha value is -1.55. The van der Waals surface area contributed by atoms with Crippen LogP contribution in [0, 0.1) is 5.82 Å². The highest BCUT2D eigenvalue weighted by Crippen LogP contribution is 2.36. The standard InChI is InChI=1S/C16H16FN3O2S3/c1-2-25(21,22)20-7-8-23-16-15-13(18-10-19-16)9-14(24-15)11-3-5-12(17)6-4-11/h3-6,9-10,20H,2,7-8H2,1H3. The summed E-state index contributed by atoms with van der Waals surface area (Å²) in [7, 11) is -3.18. The molecule has 0 atom stereocenters. The van der Waals surface area contributed by atoms with Crippen LogP contribution in [0.3, 0.4) is 0 Å². The number of benzene rings is 1. The molecule has 5 nitrogen and oxygen atoms in total. The molecule has 0 aliphatic carbocycles. The molecule has 3 aromatic rings. The van der Waals surface area contributed by atoms with Crippen LogP contribution in [0.2, 0.25) is 0 Å². The average Bonchev–Trinajstić information content (AvgIpc) is 3.04. The molecule has 2 aromatic heterocycles. The zero-order chi connectivity index (χ0) is 17.9. The van der Waals surface area contributed by atoms with Crippen molar-refractivity contribution in [2.75, 3.05) is 18.1 Å². The summed E-state index contributed by atoms with van der Waals surface area (Å²) in [6, 6.07) is 8.29. The van der Waals surface area contributed by atoms with E-state index >= 15 is 0 Å². The molecular formula is C16H16FN3O2S3. The second-order valence-electron chi connectivity index (χ2n) is 5.16. The zero-order valence-electron chi connectivity index (χ0n) is 13.4. The maximum absolute atomic E-state index is 13.1. The summed E-state index contributed by atoms with van der Waals surface area (Å²) in [5, 5.41) is 0.819. The molecule has 0 aliphatic rings. The summed E-state index contributed by atoms with van der Waals surface area (Å²) >= 11 is 3.03. The first-order chi connectivity index (χ1) is 12.0. The molecule has 0 fully saturated rings. The van der Waals surface area contributed by atoms with Gasteiger partial charge in [-0.25, -0.2) is 27.5 Å². The van der Waals surface area contributed by atoms with Gasteiger partial charge in [-0.1, -0.05) is 12.1 Å². The van der Waals surface area contributed by atoms with Gasteiger partial charge in [-0.15, -0.1) is 23.1 Å². The Morgan fingerprint density at radius 3 is 2.72 bits per heavy atom. The van der Waals surface area contributed by atoms with Crippen molar-refractivity contribution >= 4 is 43.3 Å². The van der Waals surface area contributed by atoms with Crippen molar-refractivity contribution in [3.05, 3.63) is 42.5 Å². The Bertz CT molecular complexity index is 972. The minimum Gasteiger partial charge on any atom is -0.235 e. The molecule has 9 heteroatoms. The summed E-state index contributed by atoms with van der Waals surface area (Å²) in [5.74, 6) is 0.381. The largest absolute Gasteiger partial charge is 0.235 e. The quantitative estimate of drug-likeness (QED) is 0.375. The van der Waals surface area contributed by atoms with Crippen molar-refractivity contribution in [1.29, 1.82) is 0 Å². The van der Waals surface area contributed by atoms with Crippen molar-refractivity contribution in [3.63, 3.8) is 0 Å². The fourth-order valence-electron chi connectivity index (χ4n) is 2.14. The minimum atomic E-state index is -3.18. The lowest BCUT2D eigenvalue weighted by Crippen LogP contribution is -2.27. The van der Waals surface area contributed by atoms with Gasteiger partial charge in [-0.05, 0) is 30.7 Å². The SMILES string of the molecule is CCS(=O)(=O)NCCSc1ncnc2cc(-c3ccc(F)cc3)sc12. The highest BCUT2D eigenvalue weighted by molar-refractivity contribution is 7.99. The van der Waals surface area contributed by atoms with Gasteiger partial charge in [0, 0.05) is 17.2 Å². The second kappa shape index (κ2) is 7.77. The molecule has 1 N–H and O–H groups in total. The van der Waals surface area contributed by atoms with Gasteiger partial charge in [0.05, 0.1) is 16.0 Å². The number of thiophene rings is 1. The van der Waals surface area contributed by atoms with Crippen LogP contribution in [0.5, 0.6) is 0 Å². The molecule has 0 saturated heterocycles. The smallest absolute Gasteiger partial charge is 0.211 e. The van der Waals surface area contributed by atoms with Crippen molar-refractivity contribution in [1.82, 2.24) is 14.7 Å². The van der Waals surface area contributed by atoms with E-state index in [4.69, 9.17) is 0 Å². The van der Waals surface area contributed by atoms with Gasteiger partial charge in [-0.2, -0.15) is 0 Å². The van der Waals surface area contributed by atoms with Gasteiger partial charge < -0.3 is 0 Å². The van der Waals surface area contributed by atoms with Crippen LogP contribution in [0.15, 0.2) is 41.7 Å². The van der Waals surface area contributed by atoms with Crippen LogP contribution in [-0.2, 0) is 10.0 Å². The van der Waals surface area contributed by atoms with Gasteiger partial charge in [0.2, 0.25) is 10.0 Å². The highest BCUT2D eigenvalue weighted by atomic mass is 32.2. The summed E-state index contributed by atoms with van der Waals surface area (Å²) in [6.07, 6.45) is 1.50. The Morgan fingerprint density at radius 1 is 1.24 bits per heavy atom. The summed E-state index contributed by atoms with van der Waals surface area (Å²) in [6.45, 7) is 1.95. The molecule has 0 radical (unpaired) electrons. The molecule has 3 rings (SSSR count). The van der Waals surface area contributed by atoms with E-state index in [9.17, 15) is 12.8 Å². The van der Waals surface area contributed by atoms with E-state index in [0.717, 1.165) is 25.7 Å². The molecule has 0 spiro atoms. The Balaban J connectivity index is 1.77. The van der Waals surface area contributed by atoms with E-state index in [0.29, 0.717) is 12.3 Å². The maximum Gasteiger partial charge on any atom is 0.211 e. The lowest BCUT2D eigenvalue weighted by atomic mass is 10.2. The molecule has 0 aliphatic heterocycles. The van der Waals surface area contributed by atoms with Gasteiger partial charge in [-0.3, -0.25) is 0 Å².